The Labute approximate surface area is 170 Å². The molecule has 1 saturated heterocycles. The van der Waals surface area contributed by atoms with Gasteiger partial charge in [0.25, 0.3) is 0 Å². The van der Waals surface area contributed by atoms with E-state index in [0.29, 0.717) is 32.4 Å². The van der Waals surface area contributed by atoms with Crippen molar-refractivity contribution in [3.05, 3.63) is 36.0 Å². The van der Waals surface area contributed by atoms with Crippen LogP contribution in [0.2, 0.25) is 0 Å². The van der Waals surface area contributed by atoms with E-state index in [4.69, 9.17) is 5.11 Å². The molecule has 1 aromatic heterocycles. The molecule has 3 rings (SSSR count). The predicted molar refractivity (Wildman–Crippen MR) is 110 cm³/mol. The summed E-state index contributed by atoms with van der Waals surface area (Å²) in [7, 11) is 0. The summed E-state index contributed by atoms with van der Waals surface area (Å²) in [4.78, 5) is 41.5. The van der Waals surface area contributed by atoms with Crippen LogP contribution in [0.15, 0.2) is 30.5 Å². The smallest absolute Gasteiger partial charge is 0.303 e. The Morgan fingerprint density at radius 3 is 2.55 bits per heavy atom. The number of nitrogens with zero attached hydrogens (tertiary/aromatic N) is 1. The number of benzene rings is 1. The van der Waals surface area contributed by atoms with Crippen molar-refractivity contribution >= 4 is 28.7 Å². The zero-order valence-corrected chi connectivity index (χ0v) is 17.0. The highest BCUT2D eigenvalue weighted by atomic mass is 16.4. The predicted octanol–water partition coefficient (Wildman–Crippen LogP) is 2.56. The minimum absolute atomic E-state index is 0.0990. The van der Waals surface area contributed by atoms with E-state index < -0.39 is 12.0 Å². The number of aliphatic carboxylic acids is 1. The molecule has 1 atom stereocenters. The number of aromatic nitrogens is 1. The van der Waals surface area contributed by atoms with E-state index >= 15 is 0 Å². The van der Waals surface area contributed by atoms with E-state index in [2.05, 4.69) is 10.3 Å². The summed E-state index contributed by atoms with van der Waals surface area (Å²) in [5.41, 5.74) is 1.99. The Kier molecular flexibility index (Phi) is 6.56. The quantitative estimate of drug-likeness (QED) is 0.666. The average Bonchev–Trinajstić information content (AvgIpc) is 3.10. The van der Waals surface area contributed by atoms with Gasteiger partial charge in [-0.15, -0.1) is 0 Å². The van der Waals surface area contributed by atoms with Crippen molar-refractivity contribution in [1.82, 2.24) is 15.2 Å². The molecule has 3 N–H and O–H groups in total. The lowest BCUT2D eigenvalue weighted by Gasteiger charge is -2.34. The van der Waals surface area contributed by atoms with Crippen LogP contribution in [0.4, 0.5) is 0 Å². The van der Waals surface area contributed by atoms with Crippen LogP contribution in [0, 0.1) is 11.8 Å². The van der Waals surface area contributed by atoms with Gasteiger partial charge in [-0.25, -0.2) is 0 Å². The van der Waals surface area contributed by atoms with Crippen molar-refractivity contribution in [2.75, 3.05) is 13.1 Å². The van der Waals surface area contributed by atoms with Gasteiger partial charge in [-0.05, 0) is 30.4 Å². The van der Waals surface area contributed by atoms with E-state index in [1.165, 1.54) is 0 Å². The number of para-hydroxylation sites is 1. The van der Waals surface area contributed by atoms with Crippen LogP contribution in [0.5, 0.6) is 0 Å². The Bertz CT molecular complexity index is 881. The van der Waals surface area contributed by atoms with Crippen molar-refractivity contribution in [3.8, 4) is 0 Å². The first-order valence-electron chi connectivity index (χ1n) is 10.2. The highest BCUT2D eigenvalue weighted by molar-refractivity contribution is 5.90. The van der Waals surface area contributed by atoms with Gasteiger partial charge in [0.1, 0.15) is 6.04 Å². The number of hydrogen-bond acceptors (Lipinski definition) is 3. The number of fused-ring (bicyclic) bond motifs is 1. The van der Waals surface area contributed by atoms with Crippen LogP contribution in [0.25, 0.3) is 10.9 Å². The fourth-order valence-electron chi connectivity index (χ4n) is 3.88. The van der Waals surface area contributed by atoms with Crippen LogP contribution in [-0.4, -0.2) is 51.9 Å². The molecule has 0 radical (unpaired) electrons. The van der Waals surface area contributed by atoms with Gasteiger partial charge < -0.3 is 20.3 Å². The number of carboxylic acid groups (broad SMARTS) is 1. The van der Waals surface area contributed by atoms with Gasteiger partial charge >= 0.3 is 5.97 Å². The number of amides is 2. The minimum atomic E-state index is -0.795. The lowest BCUT2D eigenvalue weighted by Crippen LogP contribution is -2.52. The van der Waals surface area contributed by atoms with Crippen LogP contribution in [0.3, 0.4) is 0 Å². The zero-order valence-electron chi connectivity index (χ0n) is 17.0. The summed E-state index contributed by atoms with van der Waals surface area (Å²) in [5, 5.41) is 12.9. The van der Waals surface area contributed by atoms with Crippen molar-refractivity contribution in [2.45, 2.75) is 45.6 Å². The second kappa shape index (κ2) is 9.11. The van der Waals surface area contributed by atoms with E-state index in [-0.39, 0.29) is 30.1 Å². The lowest BCUT2D eigenvalue weighted by molar-refractivity contribution is -0.140. The molecular formula is C22H29N3O4. The topological polar surface area (TPSA) is 103 Å². The lowest BCUT2D eigenvalue weighted by atomic mass is 9.93. The molecule has 2 amide bonds. The van der Waals surface area contributed by atoms with Crippen molar-refractivity contribution in [2.24, 2.45) is 11.8 Å². The molecule has 0 spiro atoms. The molecule has 1 unspecified atom stereocenters. The van der Waals surface area contributed by atoms with Gasteiger partial charge in [0.05, 0.1) is 0 Å². The maximum atomic E-state index is 13.2. The van der Waals surface area contributed by atoms with Crippen molar-refractivity contribution in [3.63, 3.8) is 0 Å². The average molecular weight is 399 g/mol. The van der Waals surface area contributed by atoms with E-state index in [1.54, 1.807) is 18.7 Å². The molecule has 156 valence electrons. The zero-order chi connectivity index (χ0) is 21.0. The largest absolute Gasteiger partial charge is 0.481 e. The number of hydrogen-bond donors (Lipinski definition) is 3. The second-order valence-electron chi connectivity index (χ2n) is 8.15. The first-order valence-corrected chi connectivity index (χ1v) is 10.2. The first kappa shape index (κ1) is 20.9. The number of aromatic amines is 1. The van der Waals surface area contributed by atoms with Crippen LogP contribution in [-0.2, 0) is 20.8 Å². The number of carboxylic acids is 1. The van der Waals surface area contributed by atoms with E-state index in [1.807, 2.05) is 30.5 Å². The van der Waals surface area contributed by atoms with E-state index in [0.717, 1.165) is 16.5 Å². The molecule has 2 heterocycles. The van der Waals surface area contributed by atoms with Gasteiger partial charge in [-0.2, -0.15) is 0 Å². The normalized spacial score (nSPS) is 16.2. The number of rotatable bonds is 7. The minimum Gasteiger partial charge on any atom is -0.481 e. The summed E-state index contributed by atoms with van der Waals surface area (Å²) >= 11 is 0. The number of H-pyrrole nitrogens is 1. The first-order chi connectivity index (χ1) is 13.8. The molecule has 0 saturated carbocycles. The Morgan fingerprint density at radius 1 is 1.21 bits per heavy atom. The van der Waals surface area contributed by atoms with E-state index in [9.17, 15) is 14.4 Å². The number of carbonyl (C=O) groups is 3. The highest BCUT2D eigenvalue weighted by Gasteiger charge is 2.31. The molecular weight excluding hydrogens is 370 g/mol. The van der Waals surface area contributed by atoms with Crippen molar-refractivity contribution in [1.29, 1.82) is 0 Å². The fourth-order valence-corrected chi connectivity index (χ4v) is 3.88. The molecule has 1 fully saturated rings. The molecule has 29 heavy (non-hydrogen) atoms. The van der Waals surface area contributed by atoms with Crippen LogP contribution in [0.1, 0.15) is 38.7 Å². The molecule has 0 bridgehead atoms. The molecule has 1 aliphatic rings. The third-order valence-electron chi connectivity index (χ3n) is 5.63. The van der Waals surface area contributed by atoms with Gasteiger partial charge in [-0.3, -0.25) is 14.4 Å². The third-order valence-corrected chi connectivity index (χ3v) is 5.63. The number of piperidine rings is 1. The maximum Gasteiger partial charge on any atom is 0.303 e. The maximum absolute atomic E-state index is 13.2. The molecule has 7 nitrogen and oxygen atoms in total. The summed E-state index contributed by atoms with van der Waals surface area (Å²) < 4.78 is 0. The Hall–Kier alpha value is -2.83. The monoisotopic (exact) mass is 399 g/mol. The second-order valence-corrected chi connectivity index (χ2v) is 8.15. The molecule has 7 heteroatoms. The molecule has 0 aliphatic carbocycles. The number of nitrogens with one attached hydrogen (secondary N) is 2. The molecule has 1 aromatic carbocycles. The summed E-state index contributed by atoms with van der Waals surface area (Å²) in [6, 6.07) is 7.25. The van der Waals surface area contributed by atoms with Gasteiger partial charge in [-0.1, -0.05) is 32.0 Å². The third kappa shape index (κ3) is 5.16. The number of likely N-dealkylation sites (tertiary alicyclic amines) is 1. The van der Waals surface area contributed by atoms with Gasteiger partial charge in [0.15, 0.2) is 0 Å². The SMILES string of the molecule is CC(C)C(=O)NC(Cc1c[nH]c2ccccc12)C(=O)N1CCC(CC(=O)O)CC1. The summed E-state index contributed by atoms with van der Waals surface area (Å²) in [5.74, 6) is -1.15. The van der Waals surface area contributed by atoms with Crippen molar-refractivity contribution < 1.29 is 19.5 Å². The highest BCUT2D eigenvalue weighted by Crippen LogP contribution is 2.23. The standard InChI is InChI=1S/C22H29N3O4/c1-14(2)21(28)24-19(12-16-13-23-18-6-4-3-5-17(16)18)22(29)25-9-7-15(8-10-25)11-20(26)27/h3-6,13-15,19,23H,7-12H2,1-2H3,(H,24,28)(H,26,27). The van der Waals surface area contributed by atoms with Gasteiger partial charge in [0.2, 0.25) is 11.8 Å². The molecule has 2 aromatic rings. The Morgan fingerprint density at radius 2 is 1.90 bits per heavy atom. The Balaban J connectivity index is 1.74. The number of carbonyl (C=O) groups excluding carboxylic acids is 2. The van der Waals surface area contributed by atoms with Crippen LogP contribution < -0.4 is 5.32 Å². The summed E-state index contributed by atoms with van der Waals surface area (Å²) in [6.07, 6.45) is 3.80. The molecule has 1 aliphatic heterocycles. The fraction of sp³-hybridized carbons (Fsp3) is 0.500. The van der Waals surface area contributed by atoms with Gasteiger partial charge in [0, 0.05) is 48.9 Å². The summed E-state index contributed by atoms with van der Waals surface area (Å²) in [6.45, 7) is 4.66. The van der Waals surface area contributed by atoms with Crippen LogP contribution >= 0.6 is 0 Å².